The molecular weight excluding hydrogens is 264 g/mol. The molecule has 0 atom stereocenters. The molecule has 1 aromatic heterocycles. The molecule has 104 valence electrons. The fraction of sp³-hybridized carbons (Fsp3) is 0.0588. The molecule has 3 rings (SSSR count). The summed E-state index contributed by atoms with van der Waals surface area (Å²) < 4.78 is 1.68. The number of fused-ring (bicyclic) bond motifs is 1. The quantitative estimate of drug-likeness (QED) is 0.744. The van der Waals surface area contributed by atoms with Crippen LogP contribution in [0, 0.1) is 0 Å². The van der Waals surface area contributed by atoms with Crippen molar-refractivity contribution >= 4 is 17.3 Å². The highest BCUT2D eigenvalue weighted by atomic mass is 16.1. The largest absolute Gasteiger partial charge is 0.354 e. The SMILES string of the molecule is O=CNCc1cc2ccccc2n(-c2ccccc2)c1=O. The molecule has 0 saturated heterocycles. The maximum atomic E-state index is 12.7. The Morgan fingerprint density at radius 1 is 1.00 bits per heavy atom. The van der Waals surface area contributed by atoms with E-state index in [4.69, 9.17) is 0 Å². The zero-order valence-corrected chi connectivity index (χ0v) is 11.3. The maximum Gasteiger partial charge on any atom is 0.260 e. The molecule has 3 aromatic rings. The standard InChI is InChI=1S/C17H14N2O2/c20-12-18-11-14-10-13-6-4-5-9-16(13)19(17(14)21)15-7-2-1-3-8-15/h1-10,12H,11H2,(H,18,20). The van der Waals surface area contributed by atoms with Crippen LogP contribution in [0.25, 0.3) is 16.6 Å². The van der Waals surface area contributed by atoms with Gasteiger partial charge < -0.3 is 5.32 Å². The molecule has 0 bridgehead atoms. The van der Waals surface area contributed by atoms with Gasteiger partial charge in [0, 0.05) is 17.8 Å². The minimum atomic E-state index is -0.116. The minimum Gasteiger partial charge on any atom is -0.354 e. The van der Waals surface area contributed by atoms with Gasteiger partial charge in [0.1, 0.15) is 0 Å². The van der Waals surface area contributed by atoms with E-state index in [-0.39, 0.29) is 12.1 Å². The molecule has 1 N–H and O–H groups in total. The highest BCUT2D eigenvalue weighted by Crippen LogP contribution is 2.17. The molecule has 4 heteroatoms. The number of nitrogens with one attached hydrogen (secondary N) is 1. The number of rotatable bonds is 4. The summed E-state index contributed by atoms with van der Waals surface area (Å²) in [6.07, 6.45) is 0.599. The third-order valence-corrected chi connectivity index (χ3v) is 3.38. The average Bonchev–Trinajstić information content (AvgIpc) is 2.54. The van der Waals surface area contributed by atoms with Crippen LogP contribution in [-0.2, 0) is 11.3 Å². The maximum absolute atomic E-state index is 12.7. The van der Waals surface area contributed by atoms with Crippen molar-refractivity contribution in [3.63, 3.8) is 0 Å². The van der Waals surface area contributed by atoms with Gasteiger partial charge in [0.25, 0.3) is 5.56 Å². The van der Waals surface area contributed by atoms with E-state index >= 15 is 0 Å². The monoisotopic (exact) mass is 278 g/mol. The topological polar surface area (TPSA) is 51.1 Å². The number of para-hydroxylation sites is 2. The Morgan fingerprint density at radius 3 is 2.48 bits per heavy atom. The number of amides is 1. The number of benzene rings is 2. The first kappa shape index (κ1) is 13.1. The van der Waals surface area contributed by atoms with Gasteiger partial charge >= 0.3 is 0 Å². The second-order valence-electron chi connectivity index (χ2n) is 4.70. The lowest BCUT2D eigenvalue weighted by Gasteiger charge is -2.12. The fourth-order valence-corrected chi connectivity index (χ4v) is 2.43. The van der Waals surface area contributed by atoms with Gasteiger partial charge in [-0.3, -0.25) is 14.2 Å². The first-order chi connectivity index (χ1) is 10.3. The summed E-state index contributed by atoms with van der Waals surface area (Å²) in [7, 11) is 0. The molecule has 21 heavy (non-hydrogen) atoms. The third kappa shape index (κ3) is 2.43. The summed E-state index contributed by atoms with van der Waals surface area (Å²) in [4.78, 5) is 23.2. The lowest BCUT2D eigenvalue weighted by molar-refractivity contribution is -0.109. The van der Waals surface area contributed by atoms with E-state index in [2.05, 4.69) is 5.32 Å². The van der Waals surface area contributed by atoms with Gasteiger partial charge in [-0.05, 0) is 29.7 Å². The van der Waals surface area contributed by atoms with E-state index in [1.807, 2.05) is 60.7 Å². The highest BCUT2D eigenvalue weighted by molar-refractivity contribution is 5.81. The molecule has 0 fully saturated rings. The summed E-state index contributed by atoms with van der Waals surface area (Å²) in [5, 5.41) is 3.52. The van der Waals surface area contributed by atoms with Crippen LogP contribution in [0.5, 0.6) is 0 Å². The van der Waals surface area contributed by atoms with Crippen LogP contribution in [0.1, 0.15) is 5.56 Å². The lowest BCUT2D eigenvalue weighted by Crippen LogP contribution is -2.26. The molecule has 0 aliphatic carbocycles. The van der Waals surface area contributed by atoms with E-state index in [9.17, 15) is 9.59 Å². The molecule has 0 aliphatic rings. The Labute approximate surface area is 121 Å². The fourth-order valence-electron chi connectivity index (χ4n) is 2.43. The van der Waals surface area contributed by atoms with Crippen molar-refractivity contribution < 1.29 is 4.79 Å². The van der Waals surface area contributed by atoms with Gasteiger partial charge in [-0.15, -0.1) is 0 Å². The van der Waals surface area contributed by atoms with Crippen molar-refractivity contribution in [2.45, 2.75) is 6.54 Å². The molecule has 0 aliphatic heterocycles. The molecule has 1 amide bonds. The Kier molecular flexibility index (Phi) is 3.51. The van der Waals surface area contributed by atoms with Crippen LogP contribution in [-0.4, -0.2) is 11.0 Å². The molecule has 0 unspecified atom stereocenters. The summed E-state index contributed by atoms with van der Waals surface area (Å²) >= 11 is 0. The van der Waals surface area contributed by atoms with Gasteiger partial charge in [-0.25, -0.2) is 0 Å². The number of pyridine rings is 1. The molecule has 0 radical (unpaired) electrons. The van der Waals surface area contributed by atoms with Crippen molar-refractivity contribution in [3.05, 3.63) is 76.6 Å². The van der Waals surface area contributed by atoms with E-state index in [1.165, 1.54) is 0 Å². The zero-order valence-electron chi connectivity index (χ0n) is 11.3. The average molecular weight is 278 g/mol. The molecule has 1 heterocycles. The number of aromatic nitrogens is 1. The Balaban J connectivity index is 2.32. The summed E-state index contributed by atoms with van der Waals surface area (Å²) in [5.74, 6) is 0. The van der Waals surface area contributed by atoms with E-state index < -0.39 is 0 Å². The van der Waals surface area contributed by atoms with E-state index in [1.54, 1.807) is 4.57 Å². The third-order valence-electron chi connectivity index (χ3n) is 3.38. The van der Waals surface area contributed by atoms with Gasteiger partial charge in [-0.2, -0.15) is 0 Å². The molecule has 2 aromatic carbocycles. The van der Waals surface area contributed by atoms with E-state index in [0.29, 0.717) is 12.0 Å². The van der Waals surface area contributed by atoms with Crippen LogP contribution in [0.15, 0.2) is 65.5 Å². The van der Waals surface area contributed by atoms with Gasteiger partial charge in [0.2, 0.25) is 6.41 Å². The lowest BCUT2D eigenvalue weighted by atomic mass is 10.1. The predicted octanol–water partition coefficient (Wildman–Crippen LogP) is 2.24. The minimum absolute atomic E-state index is 0.116. The second kappa shape index (κ2) is 5.63. The van der Waals surface area contributed by atoms with Gasteiger partial charge in [0.15, 0.2) is 0 Å². The molecule has 0 saturated carbocycles. The summed E-state index contributed by atoms with van der Waals surface area (Å²) in [6.45, 7) is 0.222. The number of carbonyl (C=O) groups excluding carboxylic acids is 1. The molecule has 4 nitrogen and oxygen atoms in total. The first-order valence-electron chi connectivity index (χ1n) is 6.67. The smallest absolute Gasteiger partial charge is 0.260 e. The van der Waals surface area contributed by atoms with Gasteiger partial charge in [-0.1, -0.05) is 36.4 Å². The zero-order chi connectivity index (χ0) is 14.7. The first-order valence-corrected chi connectivity index (χ1v) is 6.67. The van der Waals surface area contributed by atoms with Crippen molar-refractivity contribution in [2.75, 3.05) is 0 Å². The van der Waals surface area contributed by atoms with Crippen LogP contribution in [0.3, 0.4) is 0 Å². The van der Waals surface area contributed by atoms with Crippen molar-refractivity contribution in [2.24, 2.45) is 0 Å². The van der Waals surface area contributed by atoms with Crippen molar-refractivity contribution in [1.82, 2.24) is 9.88 Å². The number of hydrogen-bond acceptors (Lipinski definition) is 2. The molecular formula is C17H14N2O2. The molecule has 0 spiro atoms. The second-order valence-corrected chi connectivity index (χ2v) is 4.70. The van der Waals surface area contributed by atoms with Gasteiger partial charge in [0.05, 0.1) is 5.52 Å². The Morgan fingerprint density at radius 2 is 1.71 bits per heavy atom. The number of carbonyl (C=O) groups is 1. The van der Waals surface area contributed by atoms with Crippen LogP contribution < -0.4 is 10.9 Å². The predicted molar refractivity (Wildman–Crippen MR) is 82.4 cm³/mol. The van der Waals surface area contributed by atoms with Crippen molar-refractivity contribution in [1.29, 1.82) is 0 Å². The van der Waals surface area contributed by atoms with Crippen LogP contribution in [0.4, 0.5) is 0 Å². The Hall–Kier alpha value is -2.88. The number of hydrogen-bond donors (Lipinski definition) is 1. The van der Waals surface area contributed by atoms with E-state index in [0.717, 1.165) is 16.6 Å². The highest BCUT2D eigenvalue weighted by Gasteiger charge is 2.10. The van der Waals surface area contributed by atoms with Crippen LogP contribution in [0.2, 0.25) is 0 Å². The summed E-state index contributed by atoms with van der Waals surface area (Å²) in [6, 6.07) is 19.0. The normalized spacial score (nSPS) is 10.5. The number of nitrogens with zero attached hydrogens (tertiary/aromatic N) is 1. The Bertz CT molecular complexity index is 838. The van der Waals surface area contributed by atoms with Crippen molar-refractivity contribution in [3.8, 4) is 5.69 Å². The van der Waals surface area contributed by atoms with Crippen LogP contribution >= 0.6 is 0 Å². The summed E-state index contributed by atoms with van der Waals surface area (Å²) in [5.41, 5.74) is 2.11.